The zero-order valence-electron chi connectivity index (χ0n) is 9.54. The molecule has 4 nitrogen and oxygen atoms in total. The molecule has 0 atom stereocenters. The van der Waals surface area contributed by atoms with Crippen LogP contribution in [0.1, 0.15) is 11.4 Å². The van der Waals surface area contributed by atoms with Crippen LogP contribution in [0.15, 0.2) is 35.5 Å². The number of thioether (sulfide) groups is 1. The van der Waals surface area contributed by atoms with Crippen LogP contribution >= 0.6 is 24.2 Å². The van der Waals surface area contributed by atoms with E-state index in [1.165, 1.54) is 5.56 Å². The van der Waals surface area contributed by atoms with Gasteiger partial charge in [0.1, 0.15) is 5.82 Å². The molecule has 2 rings (SSSR count). The molecule has 0 radical (unpaired) electrons. The van der Waals surface area contributed by atoms with Crippen LogP contribution in [-0.2, 0) is 19.3 Å². The summed E-state index contributed by atoms with van der Waals surface area (Å²) in [7, 11) is 1.94. The van der Waals surface area contributed by atoms with Gasteiger partial charge in [-0.25, -0.2) is 0 Å². The average molecular weight is 271 g/mol. The molecule has 0 aliphatic carbocycles. The Morgan fingerprint density at radius 2 is 1.94 bits per heavy atom. The highest BCUT2D eigenvalue weighted by molar-refractivity contribution is 7.98. The van der Waals surface area contributed by atoms with Crippen molar-refractivity contribution in [2.45, 2.75) is 17.5 Å². The van der Waals surface area contributed by atoms with E-state index in [0.717, 1.165) is 16.7 Å². The molecule has 0 saturated carbocycles. The van der Waals surface area contributed by atoms with Gasteiger partial charge < -0.3 is 10.3 Å². The lowest BCUT2D eigenvalue weighted by Gasteiger charge is -2.02. The van der Waals surface area contributed by atoms with Crippen molar-refractivity contribution >= 4 is 24.2 Å². The van der Waals surface area contributed by atoms with Crippen LogP contribution in [0.25, 0.3) is 0 Å². The van der Waals surface area contributed by atoms with Crippen molar-refractivity contribution in [1.29, 1.82) is 0 Å². The molecule has 0 spiro atoms. The van der Waals surface area contributed by atoms with Gasteiger partial charge in [-0.3, -0.25) is 0 Å². The standard InChI is InChI=1S/C11H14N4S.ClH/c1-15-10(7-12)13-14-11(15)16-8-9-5-3-2-4-6-9;/h2-6H,7-8,12H2,1H3;1H. The topological polar surface area (TPSA) is 56.7 Å². The lowest BCUT2D eigenvalue weighted by molar-refractivity contribution is 0.734. The Kier molecular flexibility index (Phi) is 5.47. The number of hydrogen-bond acceptors (Lipinski definition) is 4. The van der Waals surface area contributed by atoms with Gasteiger partial charge in [-0.15, -0.1) is 22.6 Å². The second kappa shape index (κ2) is 6.64. The van der Waals surface area contributed by atoms with Crippen molar-refractivity contribution in [1.82, 2.24) is 14.8 Å². The number of nitrogens with two attached hydrogens (primary N) is 1. The molecule has 1 heterocycles. The maximum atomic E-state index is 5.54. The molecule has 17 heavy (non-hydrogen) atoms. The first-order valence-electron chi connectivity index (χ1n) is 5.06. The van der Waals surface area contributed by atoms with E-state index in [1.54, 1.807) is 11.8 Å². The number of benzene rings is 1. The van der Waals surface area contributed by atoms with E-state index >= 15 is 0 Å². The molecule has 1 aromatic heterocycles. The van der Waals surface area contributed by atoms with Crippen molar-refractivity contribution in [3.05, 3.63) is 41.7 Å². The number of halogens is 1. The molecule has 0 fully saturated rings. The largest absolute Gasteiger partial charge is 0.324 e. The summed E-state index contributed by atoms with van der Waals surface area (Å²) in [4.78, 5) is 0. The summed E-state index contributed by atoms with van der Waals surface area (Å²) in [6.07, 6.45) is 0. The molecule has 1 aromatic carbocycles. The normalized spacial score (nSPS) is 10.0. The molecule has 2 N–H and O–H groups in total. The smallest absolute Gasteiger partial charge is 0.191 e. The van der Waals surface area contributed by atoms with E-state index in [4.69, 9.17) is 5.73 Å². The first kappa shape index (κ1) is 14.0. The Labute approximate surface area is 111 Å². The molecule has 0 unspecified atom stereocenters. The molecule has 0 aliphatic heterocycles. The molecule has 0 amide bonds. The Bertz CT molecular complexity index is 458. The molecule has 0 saturated heterocycles. The monoisotopic (exact) mass is 270 g/mol. The van der Waals surface area contributed by atoms with Gasteiger partial charge in [0.15, 0.2) is 5.16 Å². The van der Waals surface area contributed by atoms with Gasteiger partial charge in [-0.1, -0.05) is 42.1 Å². The predicted molar refractivity (Wildman–Crippen MR) is 72.1 cm³/mol. The molecule has 2 aromatic rings. The summed E-state index contributed by atoms with van der Waals surface area (Å²) in [5.74, 6) is 1.72. The summed E-state index contributed by atoms with van der Waals surface area (Å²) in [6.45, 7) is 0.426. The third-order valence-electron chi connectivity index (χ3n) is 2.32. The van der Waals surface area contributed by atoms with Crippen LogP contribution in [0.2, 0.25) is 0 Å². The van der Waals surface area contributed by atoms with Gasteiger partial charge in [-0.05, 0) is 5.56 Å². The lowest BCUT2D eigenvalue weighted by atomic mass is 10.2. The summed E-state index contributed by atoms with van der Waals surface area (Å²) >= 11 is 1.67. The first-order valence-corrected chi connectivity index (χ1v) is 6.05. The molecule has 0 aliphatic rings. The quantitative estimate of drug-likeness (QED) is 0.864. The Balaban J connectivity index is 0.00000144. The van der Waals surface area contributed by atoms with E-state index in [1.807, 2.05) is 29.8 Å². The minimum Gasteiger partial charge on any atom is -0.324 e. The van der Waals surface area contributed by atoms with Crippen LogP contribution in [0, 0.1) is 0 Å². The zero-order chi connectivity index (χ0) is 11.4. The van der Waals surface area contributed by atoms with Gasteiger partial charge in [0.25, 0.3) is 0 Å². The van der Waals surface area contributed by atoms with Crippen molar-refractivity contribution in [3.63, 3.8) is 0 Å². The Morgan fingerprint density at radius 3 is 2.53 bits per heavy atom. The highest BCUT2D eigenvalue weighted by Gasteiger charge is 2.07. The Morgan fingerprint density at radius 1 is 1.24 bits per heavy atom. The summed E-state index contributed by atoms with van der Waals surface area (Å²) < 4.78 is 1.94. The molecular formula is C11H15ClN4S. The zero-order valence-corrected chi connectivity index (χ0v) is 11.2. The summed E-state index contributed by atoms with van der Waals surface area (Å²) in [5, 5.41) is 9.02. The maximum absolute atomic E-state index is 5.54. The van der Waals surface area contributed by atoms with Gasteiger partial charge in [0.2, 0.25) is 0 Å². The molecule has 6 heteroatoms. The van der Waals surface area contributed by atoms with Crippen molar-refractivity contribution in [3.8, 4) is 0 Å². The number of nitrogens with zero attached hydrogens (tertiary/aromatic N) is 3. The lowest BCUT2D eigenvalue weighted by Crippen LogP contribution is -2.05. The number of hydrogen-bond donors (Lipinski definition) is 1. The fourth-order valence-corrected chi connectivity index (χ4v) is 2.26. The van der Waals surface area contributed by atoms with Crippen LogP contribution < -0.4 is 5.73 Å². The highest BCUT2D eigenvalue weighted by Crippen LogP contribution is 2.20. The van der Waals surface area contributed by atoms with Crippen LogP contribution in [0.4, 0.5) is 0 Å². The Hall–Kier alpha value is -1.04. The van der Waals surface area contributed by atoms with Gasteiger partial charge in [0, 0.05) is 12.8 Å². The van der Waals surface area contributed by atoms with E-state index in [2.05, 4.69) is 22.3 Å². The fourth-order valence-electron chi connectivity index (χ4n) is 1.37. The second-order valence-electron chi connectivity index (χ2n) is 3.44. The third-order valence-corrected chi connectivity index (χ3v) is 3.41. The number of aromatic nitrogens is 3. The summed E-state index contributed by atoms with van der Waals surface area (Å²) in [6, 6.07) is 10.3. The predicted octanol–water partition coefficient (Wildman–Crippen LogP) is 1.99. The van der Waals surface area contributed by atoms with Crippen molar-refractivity contribution in [2.24, 2.45) is 12.8 Å². The van der Waals surface area contributed by atoms with Crippen molar-refractivity contribution < 1.29 is 0 Å². The molecule has 92 valence electrons. The minimum atomic E-state index is 0. The third kappa shape index (κ3) is 3.46. The van der Waals surface area contributed by atoms with Gasteiger partial charge in [0.05, 0.1) is 6.54 Å². The van der Waals surface area contributed by atoms with E-state index in [0.29, 0.717) is 6.54 Å². The summed E-state index contributed by atoms with van der Waals surface area (Å²) in [5.41, 5.74) is 6.82. The fraction of sp³-hybridized carbons (Fsp3) is 0.273. The first-order chi connectivity index (χ1) is 7.81. The van der Waals surface area contributed by atoms with Gasteiger partial charge in [-0.2, -0.15) is 0 Å². The van der Waals surface area contributed by atoms with Crippen LogP contribution in [0.3, 0.4) is 0 Å². The van der Waals surface area contributed by atoms with Gasteiger partial charge >= 0.3 is 0 Å². The van der Waals surface area contributed by atoms with Crippen LogP contribution in [-0.4, -0.2) is 14.8 Å². The maximum Gasteiger partial charge on any atom is 0.191 e. The number of rotatable bonds is 4. The molecular weight excluding hydrogens is 256 g/mol. The van der Waals surface area contributed by atoms with E-state index in [9.17, 15) is 0 Å². The molecule has 0 bridgehead atoms. The van der Waals surface area contributed by atoms with E-state index < -0.39 is 0 Å². The van der Waals surface area contributed by atoms with E-state index in [-0.39, 0.29) is 12.4 Å². The highest BCUT2D eigenvalue weighted by atomic mass is 35.5. The average Bonchev–Trinajstić information content (AvgIpc) is 2.69. The minimum absolute atomic E-state index is 0. The SMILES string of the molecule is Cl.Cn1c(CN)nnc1SCc1ccccc1. The van der Waals surface area contributed by atoms with Crippen LogP contribution in [0.5, 0.6) is 0 Å². The second-order valence-corrected chi connectivity index (χ2v) is 4.38. The van der Waals surface area contributed by atoms with Crippen molar-refractivity contribution in [2.75, 3.05) is 0 Å².